The van der Waals surface area contributed by atoms with Crippen LogP contribution in [-0.2, 0) is 4.74 Å². The molecule has 1 aliphatic heterocycles. The van der Waals surface area contributed by atoms with Crippen molar-refractivity contribution in [3.8, 4) is 5.75 Å². The third kappa shape index (κ3) is 8.00. The second-order valence-electron chi connectivity index (χ2n) is 11.2. The lowest BCUT2D eigenvalue weighted by Crippen LogP contribution is -2.47. The predicted octanol–water partition coefficient (Wildman–Crippen LogP) is 5.50. The van der Waals surface area contributed by atoms with Crippen molar-refractivity contribution in [2.75, 3.05) is 44.0 Å². The van der Waals surface area contributed by atoms with Gasteiger partial charge < -0.3 is 35.4 Å². The standard InChI is InChI=1S/C33H44N4O5/c1-22-20-37(23(2)21-38)32(39)28-18-26(35-33(40)36-29-14-9-12-25-11-5-6-13-27(25)29)15-16-30(28)42-24(3)10-7-8-17-41-31(22)19-34-4/h5-6,9,11-16,18,22-24,31,34,38H,7-8,10,17,19-21H2,1-4H3,(H2,35,36,40)/t22-,23+,24+,31-/m0/s1. The second-order valence-corrected chi connectivity index (χ2v) is 11.2. The number of carbonyl (C=O) groups is 2. The van der Waals surface area contributed by atoms with E-state index in [1.54, 1.807) is 23.1 Å². The quantitative estimate of drug-likeness (QED) is 0.308. The summed E-state index contributed by atoms with van der Waals surface area (Å²) in [4.78, 5) is 28.9. The Hall–Kier alpha value is -3.66. The van der Waals surface area contributed by atoms with Gasteiger partial charge in [-0.3, -0.25) is 4.79 Å². The summed E-state index contributed by atoms with van der Waals surface area (Å²) in [6.45, 7) is 7.38. The molecule has 4 atom stereocenters. The summed E-state index contributed by atoms with van der Waals surface area (Å²) in [6, 6.07) is 17.9. The Morgan fingerprint density at radius 1 is 1.07 bits per heavy atom. The van der Waals surface area contributed by atoms with Gasteiger partial charge in [0.05, 0.1) is 36.1 Å². The molecule has 0 saturated carbocycles. The molecule has 1 heterocycles. The van der Waals surface area contributed by atoms with Crippen molar-refractivity contribution in [3.05, 3.63) is 66.2 Å². The molecular formula is C33H44N4O5. The van der Waals surface area contributed by atoms with Crippen molar-refractivity contribution in [2.24, 2.45) is 5.92 Å². The number of hydrogen-bond donors (Lipinski definition) is 4. The monoisotopic (exact) mass is 576 g/mol. The van der Waals surface area contributed by atoms with E-state index in [0.717, 1.165) is 30.0 Å². The van der Waals surface area contributed by atoms with Gasteiger partial charge in [0.2, 0.25) is 0 Å². The SMILES string of the molecule is CNC[C@@H]1OCCCC[C@@H](C)Oc2ccc(NC(=O)Nc3cccc4ccccc34)cc2C(=O)N([C@H](C)CO)C[C@@H]1C. The van der Waals surface area contributed by atoms with Crippen molar-refractivity contribution in [2.45, 2.75) is 58.3 Å². The maximum absolute atomic E-state index is 14.1. The fraction of sp³-hybridized carbons (Fsp3) is 0.455. The van der Waals surface area contributed by atoms with E-state index in [0.29, 0.717) is 42.4 Å². The summed E-state index contributed by atoms with van der Waals surface area (Å²) in [6.07, 6.45) is 2.46. The summed E-state index contributed by atoms with van der Waals surface area (Å²) >= 11 is 0. The third-order valence-corrected chi connectivity index (χ3v) is 7.75. The third-order valence-electron chi connectivity index (χ3n) is 7.75. The lowest BCUT2D eigenvalue weighted by Gasteiger charge is -2.34. The highest BCUT2D eigenvalue weighted by molar-refractivity contribution is 6.07. The molecular weight excluding hydrogens is 532 g/mol. The molecule has 9 heteroatoms. The van der Waals surface area contributed by atoms with E-state index in [4.69, 9.17) is 9.47 Å². The van der Waals surface area contributed by atoms with Gasteiger partial charge in [-0.15, -0.1) is 0 Å². The summed E-state index contributed by atoms with van der Waals surface area (Å²) in [5.74, 6) is 0.189. The lowest BCUT2D eigenvalue weighted by atomic mass is 10.0. The van der Waals surface area contributed by atoms with Crippen LogP contribution in [0.25, 0.3) is 10.8 Å². The van der Waals surface area contributed by atoms with Gasteiger partial charge >= 0.3 is 6.03 Å². The van der Waals surface area contributed by atoms with Gasteiger partial charge in [0, 0.05) is 36.7 Å². The Balaban J connectivity index is 1.63. The summed E-state index contributed by atoms with van der Waals surface area (Å²) < 4.78 is 12.5. The molecule has 0 spiro atoms. The first kappa shape index (κ1) is 31.3. The molecule has 0 unspecified atom stereocenters. The number of ether oxygens (including phenoxy) is 2. The van der Waals surface area contributed by atoms with E-state index in [1.165, 1.54) is 0 Å². The number of anilines is 2. The Labute approximate surface area is 248 Å². The average Bonchev–Trinajstić information content (AvgIpc) is 2.98. The van der Waals surface area contributed by atoms with Crippen molar-refractivity contribution >= 4 is 34.1 Å². The first-order valence-electron chi connectivity index (χ1n) is 14.8. The van der Waals surface area contributed by atoms with Crippen LogP contribution in [0.4, 0.5) is 16.2 Å². The number of likely N-dealkylation sites (N-methyl/N-ethyl adjacent to an activating group) is 1. The van der Waals surface area contributed by atoms with E-state index in [-0.39, 0.29) is 30.6 Å². The number of amides is 3. The van der Waals surface area contributed by atoms with Crippen LogP contribution in [0.1, 0.15) is 50.4 Å². The van der Waals surface area contributed by atoms with Crippen LogP contribution in [0.5, 0.6) is 5.75 Å². The first-order chi connectivity index (χ1) is 20.3. The van der Waals surface area contributed by atoms with Crippen LogP contribution in [0.15, 0.2) is 60.7 Å². The number of carbonyl (C=O) groups excluding carboxylic acids is 2. The van der Waals surface area contributed by atoms with Gasteiger partial charge in [0.1, 0.15) is 5.75 Å². The summed E-state index contributed by atoms with van der Waals surface area (Å²) in [5, 5.41) is 21.0. The highest BCUT2D eigenvalue weighted by atomic mass is 16.5. The van der Waals surface area contributed by atoms with Gasteiger partial charge in [-0.2, -0.15) is 0 Å². The van der Waals surface area contributed by atoms with Gasteiger partial charge in [0.25, 0.3) is 5.91 Å². The molecule has 226 valence electrons. The van der Waals surface area contributed by atoms with E-state index < -0.39 is 12.1 Å². The zero-order valence-electron chi connectivity index (χ0n) is 25.1. The van der Waals surface area contributed by atoms with Crippen LogP contribution >= 0.6 is 0 Å². The topological polar surface area (TPSA) is 112 Å². The number of aliphatic hydroxyl groups is 1. The molecule has 4 N–H and O–H groups in total. The Kier molecular flexibility index (Phi) is 11.2. The van der Waals surface area contributed by atoms with E-state index in [9.17, 15) is 14.7 Å². The van der Waals surface area contributed by atoms with Crippen LogP contribution in [-0.4, -0.2) is 73.5 Å². The molecule has 42 heavy (non-hydrogen) atoms. The largest absolute Gasteiger partial charge is 0.490 e. The smallest absolute Gasteiger partial charge is 0.323 e. The van der Waals surface area contributed by atoms with Crippen molar-refractivity contribution in [1.29, 1.82) is 0 Å². The Morgan fingerprint density at radius 3 is 2.64 bits per heavy atom. The minimum atomic E-state index is -0.431. The molecule has 0 aromatic heterocycles. The number of nitrogens with one attached hydrogen (secondary N) is 3. The molecule has 0 bridgehead atoms. The zero-order valence-corrected chi connectivity index (χ0v) is 25.1. The molecule has 4 rings (SSSR count). The normalized spacial score (nSPS) is 21.1. The molecule has 0 radical (unpaired) electrons. The maximum atomic E-state index is 14.1. The second kappa shape index (κ2) is 15.0. The van der Waals surface area contributed by atoms with E-state index in [1.807, 2.05) is 63.4 Å². The van der Waals surface area contributed by atoms with Crippen LogP contribution in [0.3, 0.4) is 0 Å². The molecule has 0 fully saturated rings. The molecule has 0 saturated heterocycles. The first-order valence-corrected chi connectivity index (χ1v) is 14.8. The maximum Gasteiger partial charge on any atom is 0.323 e. The van der Waals surface area contributed by atoms with Crippen molar-refractivity contribution < 1.29 is 24.2 Å². The van der Waals surface area contributed by atoms with Crippen molar-refractivity contribution in [3.63, 3.8) is 0 Å². The van der Waals surface area contributed by atoms with Gasteiger partial charge in [-0.05, 0) is 69.8 Å². The minimum absolute atomic E-state index is 0.00872. The molecule has 3 aromatic rings. The number of benzene rings is 3. The van der Waals surface area contributed by atoms with Gasteiger partial charge in [0.15, 0.2) is 0 Å². The number of fused-ring (bicyclic) bond motifs is 2. The summed E-state index contributed by atoms with van der Waals surface area (Å²) in [5.41, 5.74) is 1.48. The molecule has 3 amide bonds. The van der Waals surface area contributed by atoms with E-state index in [2.05, 4.69) is 22.9 Å². The number of aliphatic hydroxyl groups excluding tert-OH is 1. The minimum Gasteiger partial charge on any atom is -0.490 e. The number of nitrogens with zero attached hydrogens (tertiary/aromatic N) is 1. The number of hydrogen-bond acceptors (Lipinski definition) is 6. The molecule has 0 aliphatic carbocycles. The zero-order chi connectivity index (χ0) is 30.1. The fourth-order valence-electron chi connectivity index (χ4n) is 5.31. The molecule has 9 nitrogen and oxygen atoms in total. The lowest BCUT2D eigenvalue weighted by molar-refractivity contribution is -0.000451. The summed E-state index contributed by atoms with van der Waals surface area (Å²) in [7, 11) is 1.89. The highest BCUT2D eigenvalue weighted by Gasteiger charge is 2.29. The van der Waals surface area contributed by atoms with Gasteiger partial charge in [-0.25, -0.2) is 4.79 Å². The average molecular weight is 577 g/mol. The highest BCUT2D eigenvalue weighted by Crippen LogP contribution is 2.29. The predicted molar refractivity (Wildman–Crippen MR) is 167 cm³/mol. The van der Waals surface area contributed by atoms with Crippen LogP contribution in [0.2, 0.25) is 0 Å². The number of rotatable bonds is 6. The van der Waals surface area contributed by atoms with Crippen LogP contribution < -0.4 is 20.7 Å². The Bertz CT molecular complexity index is 1340. The molecule has 3 aromatic carbocycles. The van der Waals surface area contributed by atoms with Crippen molar-refractivity contribution in [1.82, 2.24) is 10.2 Å². The number of urea groups is 1. The van der Waals surface area contributed by atoms with Crippen LogP contribution in [0, 0.1) is 5.92 Å². The molecule has 1 aliphatic rings. The Morgan fingerprint density at radius 2 is 1.86 bits per heavy atom. The fourth-order valence-corrected chi connectivity index (χ4v) is 5.31. The van der Waals surface area contributed by atoms with Gasteiger partial charge in [-0.1, -0.05) is 43.3 Å². The van der Waals surface area contributed by atoms with E-state index >= 15 is 0 Å².